The van der Waals surface area contributed by atoms with Crippen LogP contribution >= 0.6 is 0 Å². The predicted octanol–water partition coefficient (Wildman–Crippen LogP) is 9.06. The summed E-state index contributed by atoms with van der Waals surface area (Å²) in [4.78, 5) is 38.6. The third-order valence-electron chi connectivity index (χ3n) is 16.2. The Morgan fingerprint density at radius 3 is 2.25 bits per heavy atom. The van der Waals surface area contributed by atoms with E-state index in [0.717, 1.165) is 62.5 Å². The molecule has 0 amide bonds. The number of esters is 1. The van der Waals surface area contributed by atoms with E-state index < -0.39 is 22.9 Å². The molecular weight excluding hydrogens is 669 g/mol. The van der Waals surface area contributed by atoms with Gasteiger partial charge in [-0.2, -0.15) is 0 Å². The van der Waals surface area contributed by atoms with Gasteiger partial charge in [0.1, 0.15) is 11.9 Å². The Bertz CT molecular complexity index is 1630. The molecular formula is C45H66FNO6. The van der Waals surface area contributed by atoms with Crippen LogP contribution in [0.2, 0.25) is 0 Å². The van der Waals surface area contributed by atoms with Crippen LogP contribution in [0.25, 0.3) is 0 Å². The molecule has 6 rings (SSSR count). The molecule has 0 saturated heterocycles. The minimum absolute atomic E-state index is 0.0298. The van der Waals surface area contributed by atoms with Crippen LogP contribution in [0, 0.1) is 62.0 Å². The number of aliphatic hydroxyl groups excluding tert-OH is 1. The molecule has 0 aromatic heterocycles. The predicted molar refractivity (Wildman–Crippen MR) is 204 cm³/mol. The van der Waals surface area contributed by atoms with Crippen molar-refractivity contribution in [3.63, 3.8) is 0 Å². The van der Waals surface area contributed by atoms with Gasteiger partial charge in [-0.25, -0.2) is 4.39 Å². The lowest BCUT2D eigenvalue weighted by Gasteiger charge is -2.72. The van der Waals surface area contributed by atoms with Crippen molar-refractivity contribution in [2.45, 2.75) is 152 Å². The highest BCUT2D eigenvalue weighted by atomic mass is 19.1. The van der Waals surface area contributed by atoms with Crippen LogP contribution < -0.4 is 5.32 Å². The quantitative estimate of drug-likeness (QED) is 0.195. The molecule has 4 saturated carbocycles. The number of carboxylic acid groups (broad SMARTS) is 1. The van der Waals surface area contributed by atoms with Gasteiger partial charge in [0.15, 0.2) is 5.78 Å². The molecule has 294 valence electrons. The van der Waals surface area contributed by atoms with Gasteiger partial charge in [-0.1, -0.05) is 80.0 Å². The van der Waals surface area contributed by atoms with Crippen molar-refractivity contribution >= 4 is 17.7 Å². The Morgan fingerprint density at radius 1 is 0.925 bits per heavy atom. The average molecular weight is 736 g/mol. The molecule has 0 bridgehead atoms. The molecule has 5 aliphatic carbocycles. The van der Waals surface area contributed by atoms with Crippen molar-refractivity contribution in [3.8, 4) is 0 Å². The Labute approximate surface area is 317 Å². The molecule has 0 radical (unpaired) electrons. The lowest BCUT2D eigenvalue weighted by Crippen LogP contribution is -2.66. The van der Waals surface area contributed by atoms with Crippen LogP contribution in [0.4, 0.5) is 4.39 Å². The van der Waals surface area contributed by atoms with E-state index in [0.29, 0.717) is 31.3 Å². The minimum atomic E-state index is -0.906. The Kier molecular flexibility index (Phi) is 10.5. The van der Waals surface area contributed by atoms with Gasteiger partial charge in [0.05, 0.1) is 18.9 Å². The molecule has 4 fully saturated rings. The summed E-state index contributed by atoms with van der Waals surface area (Å²) in [6, 6.07) is 6.45. The van der Waals surface area contributed by atoms with Gasteiger partial charge in [0.2, 0.25) is 0 Å². The maximum atomic E-state index is 14.0. The molecule has 3 N–H and O–H groups in total. The number of rotatable bonds is 11. The molecule has 53 heavy (non-hydrogen) atoms. The van der Waals surface area contributed by atoms with E-state index in [-0.39, 0.29) is 70.0 Å². The van der Waals surface area contributed by atoms with Crippen molar-refractivity contribution in [1.82, 2.24) is 5.32 Å². The summed E-state index contributed by atoms with van der Waals surface area (Å²) in [5, 5.41) is 24.9. The fourth-order valence-electron chi connectivity index (χ4n) is 13.5. The van der Waals surface area contributed by atoms with Crippen LogP contribution in [-0.4, -0.2) is 46.7 Å². The van der Waals surface area contributed by atoms with E-state index in [1.165, 1.54) is 17.7 Å². The average Bonchev–Trinajstić information content (AvgIpc) is 3.36. The summed E-state index contributed by atoms with van der Waals surface area (Å²) in [7, 11) is 0. The van der Waals surface area contributed by atoms with E-state index >= 15 is 0 Å². The number of halogens is 1. The smallest absolute Gasteiger partial charge is 0.306 e. The minimum Gasteiger partial charge on any atom is -0.481 e. The number of carbonyl (C=O) groups excluding carboxylic acids is 2. The normalized spacial score (nSPS) is 37.0. The Balaban J connectivity index is 1.24. The molecule has 0 aliphatic heterocycles. The first-order chi connectivity index (χ1) is 24.6. The van der Waals surface area contributed by atoms with E-state index in [9.17, 15) is 29.0 Å². The number of hydrogen-bond donors (Lipinski definition) is 3. The van der Waals surface area contributed by atoms with Crippen LogP contribution in [0.3, 0.4) is 0 Å². The molecule has 0 spiro atoms. The van der Waals surface area contributed by atoms with Crippen LogP contribution in [0.15, 0.2) is 35.4 Å². The molecule has 7 nitrogen and oxygen atoms in total. The van der Waals surface area contributed by atoms with Gasteiger partial charge < -0.3 is 20.3 Å². The summed E-state index contributed by atoms with van der Waals surface area (Å²) in [5.41, 5.74) is 1.80. The molecule has 5 aliphatic rings. The summed E-state index contributed by atoms with van der Waals surface area (Å²) in [6.07, 6.45) is 7.24. The number of ketones is 1. The van der Waals surface area contributed by atoms with Gasteiger partial charge in [0, 0.05) is 30.3 Å². The van der Waals surface area contributed by atoms with Gasteiger partial charge in [-0.3, -0.25) is 14.4 Å². The zero-order valence-electron chi connectivity index (χ0n) is 33.9. The van der Waals surface area contributed by atoms with E-state index in [4.69, 9.17) is 4.74 Å². The zero-order chi connectivity index (χ0) is 38.9. The molecule has 8 heteroatoms. The van der Waals surface area contributed by atoms with Crippen molar-refractivity contribution in [3.05, 3.63) is 46.8 Å². The highest BCUT2D eigenvalue weighted by Gasteiger charge is 2.70. The number of fused-ring (bicyclic) bond motifs is 7. The number of nitrogens with one attached hydrogen (secondary N) is 1. The van der Waals surface area contributed by atoms with E-state index in [1.54, 1.807) is 12.1 Å². The maximum Gasteiger partial charge on any atom is 0.306 e. The second-order valence-corrected chi connectivity index (χ2v) is 20.4. The van der Waals surface area contributed by atoms with Crippen LogP contribution in [0.5, 0.6) is 0 Å². The monoisotopic (exact) mass is 735 g/mol. The second-order valence-electron chi connectivity index (χ2n) is 20.4. The Morgan fingerprint density at radius 2 is 1.60 bits per heavy atom. The van der Waals surface area contributed by atoms with Crippen LogP contribution in [0.1, 0.15) is 139 Å². The fourth-order valence-corrected chi connectivity index (χ4v) is 13.5. The van der Waals surface area contributed by atoms with Crippen LogP contribution in [-0.2, 0) is 25.7 Å². The lowest BCUT2D eigenvalue weighted by molar-refractivity contribution is -0.235. The number of allylic oxidation sites excluding steroid dienone is 1. The molecule has 1 aromatic rings. The van der Waals surface area contributed by atoms with Crippen molar-refractivity contribution in [2.24, 2.45) is 56.2 Å². The summed E-state index contributed by atoms with van der Waals surface area (Å²) >= 11 is 0. The third-order valence-corrected chi connectivity index (χ3v) is 16.2. The number of hydrogen-bond acceptors (Lipinski definition) is 6. The molecule has 9 atom stereocenters. The number of aliphatic hydroxyl groups is 1. The summed E-state index contributed by atoms with van der Waals surface area (Å²) in [5.74, 6) is -0.0846. The zero-order valence-corrected chi connectivity index (χ0v) is 33.9. The van der Waals surface area contributed by atoms with E-state index in [2.05, 4.69) is 53.8 Å². The molecule has 1 unspecified atom stereocenters. The standard InChI is InChI=1S/C45H66FNO6/c1-27(2)38-31(48)22-45(34(49)26-47-25-28-10-12-29(46)13-11-28)21-20-43(8)30(39(38)45)14-15-33-42(7)18-17-35(41(5,6)32(42)16-19-44(33,43)9)53-37(52)24-40(3,4)23-36(50)51/h10-13,27,30,32-35,47,49H,14-26H2,1-9H3,(H,50,51)/t30-,32?,33-,34+,35+,42+,43-,44-,45+/m1/s1. The first-order valence-electron chi connectivity index (χ1n) is 20.4. The van der Waals surface area contributed by atoms with Gasteiger partial charge in [-0.05, 0) is 120 Å². The topological polar surface area (TPSA) is 113 Å². The Hall–Kier alpha value is -2.58. The van der Waals surface area contributed by atoms with Gasteiger partial charge >= 0.3 is 11.9 Å². The number of benzene rings is 1. The first-order valence-corrected chi connectivity index (χ1v) is 20.4. The van der Waals surface area contributed by atoms with Crippen molar-refractivity contribution in [1.29, 1.82) is 0 Å². The fraction of sp³-hybridized carbons (Fsp3) is 0.756. The van der Waals surface area contributed by atoms with Gasteiger partial charge in [-0.15, -0.1) is 0 Å². The number of aliphatic carboxylic acids is 1. The first kappa shape index (κ1) is 40.1. The number of Topliss-reactive ketones (excluding diaryl/α,β-unsaturated/α-hetero) is 1. The lowest BCUT2D eigenvalue weighted by atomic mass is 9.33. The number of ether oxygens (including phenoxy) is 1. The molecule has 1 aromatic carbocycles. The van der Waals surface area contributed by atoms with Crippen molar-refractivity contribution < 1.29 is 33.7 Å². The molecule has 0 heterocycles. The van der Waals surface area contributed by atoms with Crippen molar-refractivity contribution in [2.75, 3.05) is 6.54 Å². The highest BCUT2D eigenvalue weighted by molar-refractivity contribution is 6.00. The third kappa shape index (κ3) is 6.63. The summed E-state index contributed by atoms with van der Waals surface area (Å²) in [6.45, 7) is 21.0. The van der Waals surface area contributed by atoms with Gasteiger partial charge in [0.25, 0.3) is 0 Å². The number of carbonyl (C=O) groups is 3. The number of carboxylic acids is 1. The maximum absolute atomic E-state index is 14.0. The highest BCUT2D eigenvalue weighted by Crippen LogP contribution is 2.77. The van der Waals surface area contributed by atoms with E-state index in [1.807, 2.05) is 13.8 Å². The second kappa shape index (κ2) is 13.9. The largest absolute Gasteiger partial charge is 0.481 e. The summed E-state index contributed by atoms with van der Waals surface area (Å²) < 4.78 is 19.8. The SMILES string of the molecule is CC(C)C1=C2[C@H]3CC[C@@H]4[C@@]5(C)CC[C@H](OC(=O)CC(C)(C)CC(=O)O)C(C)(C)C5CC[C@@]4(C)[C@]3(C)CC[C@@]2([C@@H](O)CNCc2ccc(F)cc2)CC1=O.